The van der Waals surface area contributed by atoms with E-state index in [1.807, 2.05) is 44.2 Å². The molecule has 1 aliphatic heterocycles. The van der Waals surface area contributed by atoms with Gasteiger partial charge in [-0.05, 0) is 61.2 Å². The number of rotatable bonds is 7. The Labute approximate surface area is 193 Å². The zero-order valence-electron chi connectivity index (χ0n) is 19.0. The predicted molar refractivity (Wildman–Crippen MR) is 125 cm³/mol. The lowest BCUT2D eigenvalue weighted by Crippen LogP contribution is -2.37. The first-order valence-corrected chi connectivity index (χ1v) is 11.0. The fourth-order valence-electron chi connectivity index (χ4n) is 4.55. The monoisotopic (exact) mass is 449 g/mol. The van der Waals surface area contributed by atoms with Crippen molar-refractivity contribution < 1.29 is 23.8 Å². The van der Waals surface area contributed by atoms with E-state index in [2.05, 4.69) is 5.32 Å². The van der Waals surface area contributed by atoms with E-state index in [0.717, 1.165) is 28.0 Å². The normalized spacial score (nSPS) is 18.2. The number of ether oxygens (including phenoxy) is 2. The maximum Gasteiger partial charge on any atom is 0.335 e. The predicted octanol–water partition coefficient (Wildman–Crippen LogP) is 5.47. The Morgan fingerprint density at radius 3 is 2.70 bits per heavy atom. The highest BCUT2D eigenvalue weighted by Gasteiger charge is 2.31. The van der Waals surface area contributed by atoms with Gasteiger partial charge in [0.05, 0.1) is 12.7 Å². The van der Waals surface area contributed by atoms with Crippen molar-refractivity contribution in [2.75, 3.05) is 13.7 Å². The third kappa shape index (κ3) is 4.71. The molecule has 0 spiro atoms. The molecule has 172 valence electrons. The van der Waals surface area contributed by atoms with Gasteiger partial charge in [0.1, 0.15) is 11.9 Å². The van der Waals surface area contributed by atoms with Gasteiger partial charge in [0.15, 0.2) is 11.6 Å². The number of benzene rings is 3. The smallest absolute Gasteiger partial charge is 0.335 e. The Balaban J connectivity index is 1.56. The lowest BCUT2D eigenvalue weighted by Gasteiger charge is -2.34. The Morgan fingerprint density at radius 2 is 1.94 bits per heavy atom. The van der Waals surface area contributed by atoms with Crippen molar-refractivity contribution in [1.82, 2.24) is 5.32 Å². The minimum atomic E-state index is -0.920. The Hall–Kier alpha value is -3.38. The van der Waals surface area contributed by atoms with E-state index < -0.39 is 5.97 Å². The van der Waals surface area contributed by atoms with E-state index >= 15 is 0 Å². The summed E-state index contributed by atoms with van der Waals surface area (Å²) in [4.78, 5) is 11.7. The summed E-state index contributed by atoms with van der Waals surface area (Å²) < 4.78 is 25.2. The highest BCUT2D eigenvalue weighted by Crippen LogP contribution is 2.41. The summed E-state index contributed by atoms with van der Waals surface area (Å²) in [5, 5.41) is 13.1. The summed E-state index contributed by atoms with van der Waals surface area (Å²) in [6, 6.07) is 18.2. The molecule has 1 aliphatic rings. The van der Waals surface area contributed by atoms with Crippen LogP contribution >= 0.6 is 0 Å². The quantitative estimate of drug-likeness (QED) is 0.500. The standard InChI is InChI=1S/C27H28FNO4/c1-16-20(8-6-9-21(16)27(30)31)23-14-19(33-25-10-5-4-7-22(23)25)15-29-17(2)18-11-12-24(28)26(13-18)32-3/h4-13,17,19,23,29H,14-15H2,1-3H3,(H,30,31)/t17?,19-,23+/m1/s1. The zero-order valence-corrected chi connectivity index (χ0v) is 19.0. The second-order valence-corrected chi connectivity index (χ2v) is 8.41. The SMILES string of the molecule is COc1cc(C(C)NC[C@H]2C[C@@H](c3cccc(C(=O)O)c3C)c3ccccc3O2)ccc1F. The largest absolute Gasteiger partial charge is 0.494 e. The maximum absolute atomic E-state index is 13.8. The molecule has 1 unspecified atom stereocenters. The molecule has 0 aliphatic carbocycles. The average Bonchev–Trinajstić information content (AvgIpc) is 2.82. The molecule has 1 heterocycles. The molecule has 0 saturated heterocycles. The lowest BCUT2D eigenvalue weighted by atomic mass is 9.81. The summed E-state index contributed by atoms with van der Waals surface area (Å²) in [6.45, 7) is 4.47. The number of carboxylic acid groups (broad SMARTS) is 1. The van der Waals surface area contributed by atoms with Gasteiger partial charge < -0.3 is 19.9 Å². The molecule has 2 N–H and O–H groups in total. The molecule has 3 atom stereocenters. The van der Waals surface area contributed by atoms with Crippen molar-refractivity contribution in [3.63, 3.8) is 0 Å². The van der Waals surface area contributed by atoms with Gasteiger partial charge in [-0.1, -0.05) is 36.4 Å². The number of aromatic carboxylic acids is 1. The van der Waals surface area contributed by atoms with Crippen LogP contribution in [0.25, 0.3) is 0 Å². The third-order valence-electron chi connectivity index (χ3n) is 6.40. The second kappa shape index (κ2) is 9.63. The molecule has 33 heavy (non-hydrogen) atoms. The van der Waals surface area contributed by atoms with Gasteiger partial charge >= 0.3 is 5.97 Å². The van der Waals surface area contributed by atoms with Gasteiger partial charge in [0.2, 0.25) is 0 Å². The van der Waals surface area contributed by atoms with Crippen LogP contribution in [0.2, 0.25) is 0 Å². The molecule has 0 bridgehead atoms. The van der Waals surface area contributed by atoms with Gasteiger partial charge in [-0.3, -0.25) is 0 Å². The molecular weight excluding hydrogens is 421 g/mol. The first-order valence-electron chi connectivity index (χ1n) is 11.0. The number of fused-ring (bicyclic) bond motifs is 1. The Morgan fingerprint density at radius 1 is 1.18 bits per heavy atom. The average molecular weight is 450 g/mol. The van der Waals surface area contributed by atoms with Crippen molar-refractivity contribution in [3.05, 3.63) is 94.3 Å². The number of hydrogen-bond donors (Lipinski definition) is 2. The fourth-order valence-corrected chi connectivity index (χ4v) is 4.55. The van der Waals surface area contributed by atoms with Crippen LogP contribution in [0.1, 0.15) is 57.9 Å². The number of hydrogen-bond acceptors (Lipinski definition) is 4. The highest BCUT2D eigenvalue weighted by molar-refractivity contribution is 5.89. The Bertz CT molecular complexity index is 1160. The second-order valence-electron chi connectivity index (χ2n) is 8.41. The van der Waals surface area contributed by atoms with E-state index in [9.17, 15) is 14.3 Å². The van der Waals surface area contributed by atoms with Gasteiger partial charge in [0.25, 0.3) is 0 Å². The van der Waals surface area contributed by atoms with Crippen molar-refractivity contribution in [2.45, 2.75) is 38.3 Å². The molecule has 0 saturated carbocycles. The molecule has 3 aromatic carbocycles. The topological polar surface area (TPSA) is 67.8 Å². The van der Waals surface area contributed by atoms with Crippen LogP contribution in [-0.2, 0) is 0 Å². The van der Waals surface area contributed by atoms with Crippen LogP contribution in [0.5, 0.6) is 11.5 Å². The molecule has 0 aromatic heterocycles. The van der Waals surface area contributed by atoms with Crippen LogP contribution in [0, 0.1) is 12.7 Å². The molecule has 0 amide bonds. The molecule has 0 fully saturated rings. The van der Waals surface area contributed by atoms with Gasteiger partial charge in [-0.25, -0.2) is 9.18 Å². The van der Waals surface area contributed by atoms with Crippen molar-refractivity contribution in [3.8, 4) is 11.5 Å². The summed E-state index contributed by atoms with van der Waals surface area (Å²) in [5.41, 5.74) is 4.10. The molecular formula is C27H28FNO4. The maximum atomic E-state index is 13.8. The van der Waals surface area contributed by atoms with E-state index in [1.165, 1.54) is 13.2 Å². The van der Waals surface area contributed by atoms with E-state index in [4.69, 9.17) is 9.47 Å². The zero-order chi connectivity index (χ0) is 23.5. The van der Waals surface area contributed by atoms with Crippen LogP contribution in [0.15, 0.2) is 60.7 Å². The molecule has 6 heteroatoms. The number of methoxy groups -OCH3 is 1. The van der Waals surface area contributed by atoms with Crippen LogP contribution in [-0.4, -0.2) is 30.8 Å². The van der Waals surface area contributed by atoms with Crippen molar-refractivity contribution in [2.24, 2.45) is 0 Å². The van der Waals surface area contributed by atoms with Crippen LogP contribution < -0.4 is 14.8 Å². The van der Waals surface area contributed by atoms with Gasteiger partial charge in [0, 0.05) is 24.1 Å². The van der Waals surface area contributed by atoms with Gasteiger partial charge in [-0.2, -0.15) is 0 Å². The minimum Gasteiger partial charge on any atom is -0.494 e. The molecule has 3 aromatic rings. The highest BCUT2D eigenvalue weighted by atomic mass is 19.1. The third-order valence-corrected chi connectivity index (χ3v) is 6.40. The number of carbonyl (C=O) groups is 1. The first kappa shape index (κ1) is 22.8. The summed E-state index contributed by atoms with van der Waals surface area (Å²) in [7, 11) is 1.45. The number of nitrogens with one attached hydrogen (secondary N) is 1. The molecule has 0 radical (unpaired) electrons. The summed E-state index contributed by atoms with van der Waals surface area (Å²) >= 11 is 0. The number of carboxylic acids is 1. The van der Waals surface area contributed by atoms with Gasteiger partial charge in [-0.15, -0.1) is 0 Å². The van der Waals surface area contributed by atoms with E-state index in [1.54, 1.807) is 24.3 Å². The fraction of sp³-hybridized carbons (Fsp3) is 0.296. The van der Waals surface area contributed by atoms with E-state index in [-0.39, 0.29) is 29.6 Å². The number of halogens is 1. The summed E-state index contributed by atoms with van der Waals surface area (Å²) in [5.74, 6) is -0.240. The lowest BCUT2D eigenvalue weighted by molar-refractivity contribution is 0.0696. The van der Waals surface area contributed by atoms with Crippen molar-refractivity contribution >= 4 is 5.97 Å². The molecule has 5 nitrogen and oxygen atoms in total. The minimum absolute atomic E-state index is 0.0299. The summed E-state index contributed by atoms with van der Waals surface area (Å²) in [6.07, 6.45) is 0.607. The number of para-hydroxylation sites is 1. The Kier molecular flexibility index (Phi) is 6.65. The van der Waals surface area contributed by atoms with E-state index in [0.29, 0.717) is 18.5 Å². The van der Waals surface area contributed by atoms with Crippen molar-refractivity contribution in [1.29, 1.82) is 0 Å². The first-order chi connectivity index (χ1) is 15.9. The molecule has 4 rings (SSSR count). The van der Waals surface area contributed by atoms with Crippen LogP contribution in [0.3, 0.4) is 0 Å². The van der Waals surface area contributed by atoms with Crippen LogP contribution in [0.4, 0.5) is 4.39 Å².